The van der Waals surface area contributed by atoms with E-state index in [4.69, 9.17) is 9.15 Å². The summed E-state index contributed by atoms with van der Waals surface area (Å²) in [5.41, 5.74) is 4.90. The second-order valence-electron chi connectivity index (χ2n) is 7.28. The summed E-state index contributed by atoms with van der Waals surface area (Å²) in [6.07, 6.45) is 0. The van der Waals surface area contributed by atoms with Gasteiger partial charge in [0, 0.05) is 23.7 Å². The SMILES string of the molecule is COc1ccc(-c2nnc(C)o2)cc1NC(=O)c1ccc(Cn2nc(C)cc2C)cc1. The minimum absolute atomic E-state index is 0.241. The third kappa shape index (κ3) is 4.48. The van der Waals surface area contributed by atoms with Gasteiger partial charge in [0.15, 0.2) is 0 Å². The summed E-state index contributed by atoms with van der Waals surface area (Å²) < 4.78 is 12.8. The van der Waals surface area contributed by atoms with E-state index in [9.17, 15) is 4.79 Å². The zero-order valence-electron chi connectivity index (χ0n) is 17.8. The standard InChI is InChI=1S/C23H23N5O3/c1-14-11-15(2)28(27-14)13-17-5-7-18(8-6-17)22(29)24-20-12-19(9-10-21(20)30-4)23-26-25-16(3)31-23/h5-12H,13H2,1-4H3,(H,24,29). The van der Waals surface area contributed by atoms with E-state index in [1.54, 1.807) is 44.4 Å². The van der Waals surface area contributed by atoms with Gasteiger partial charge in [0.2, 0.25) is 11.8 Å². The average molecular weight is 417 g/mol. The van der Waals surface area contributed by atoms with E-state index in [1.807, 2.05) is 36.7 Å². The number of hydrogen-bond acceptors (Lipinski definition) is 6. The highest BCUT2D eigenvalue weighted by molar-refractivity contribution is 6.05. The molecule has 8 heteroatoms. The van der Waals surface area contributed by atoms with Crippen molar-refractivity contribution < 1.29 is 13.9 Å². The Morgan fingerprint density at radius 3 is 2.45 bits per heavy atom. The fourth-order valence-electron chi connectivity index (χ4n) is 3.32. The maximum absolute atomic E-state index is 12.8. The quantitative estimate of drug-likeness (QED) is 0.506. The zero-order valence-corrected chi connectivity index (χ0v) is 17.8. The lowest BCUT2D eigenvalue weighted by Gasteiger charge is -2.12. The molecule has 4 rings (SSSR count). The molecule has 0 radical (unpaired) electrons. The number of carbonyl (C=O) groups is 1. The fourth-order valence-corrected chi connectivity index (χ4v) is 3.32. The first kappa shape index (κ1) is 20.3. The van der Waals surface area contributed by atoms with Crippen molar-refractivity contribution in [3.05, 3.63) is 76.9 Å². The van der Waals surface area contributed by atoms with E-state index < -0.39 is 0 Å². The molecule has 2 aromatic carbocycles. The van der Waals surface area contributed by atoms with Gasteiger partial charge in [-0.05, 0) is 55.8 Å². The predicted octanol–water partition coefficient (Wildman–Crippen LogP) is 4.17. The van der Waals surface area contributed by atoms with Crippen molar-refractivity contribution in [1.82, 2.24) is 20.0 Å². The summed E-state index contributed by atoms with van der Waals surface area (Å²) in [6, 6.07) is 14.8. The predicted molar refractivity (Wildman–Crippen MR) is 116 cm³/mol. The highest BCUT2D eigenvalue weighted by atomic mass is 16.5. The van der Waals surface area contributed by atoms with Crippen molar-refractivity contribution in [2.75, 3.05) is 12.4 Å². The van der Waals surface area contributed by atoms with Crippen LogP contribution in [0.3, 0.4) is 0 Å². The fraction of sp³-hybridized carbons (Fsp3) is 0.217. The molecule has 0 spiro atoms. The molecule has 4 aromatic rings. The number of nitrogens with one attached hydrogen (secondary N) is 1. The third-order valence-electron chi connectivity index (χ3n) is 4.87. The van der Waals surface area contributed by atoms with Crippen LogP contribution in [-0.4, -0.2) is 33.0 Å². The number of benzene rings is 2. The molecular weight excluding hydrogens is 394 g/mol. The van der Waals surface area contributed by atoms with Gasteiger partial charge >= 0.3 is 0 Å². The Morgan fingerprint density at radius 1 is 1.06 bits per heavy atom. The van der Waals surface area contributed by atoms with Gasteiger partial charge < -0.3 is 14.5 Å². The van der Waals surface area contributed by atoms with Crippen LogP contribution in [0.5, 0.6) is 5.75 Å². The summed E-state index contributed by atoms with van der Waals surface area (Å²) in [5, 5.41) is 15.3. The second-order valence-corrected chi connectivity index (χ2v) is 7.28. The minimum Gasteiger partial charge on any atom is -0.495 e. The Labute approximate surface area is 179 Å². The van der Waals surface area contributed by atoms with Crippen molar-refractivity contribution in [2.24, 2.45) is 0 Å². The molecule has 0 atom stereocenters. The molecule has 0 bridgehead atoms. The molecule has 0 saturated carbocycles. The largest absolute Gasteiger partial charge is 0.495 e. The molecule has 0 aliphatic carbocycles. The number of amides is 1. The minimum atomic E-state index is -0.241. The Balaban J connectivity index is 1.51. The molecule has 1 N–H and O–H groups in total. The van der Waals surface area contributed by atoms with E-state index >= 15 is 0 Å². The molecule has 0 unspecified atom stereocenters. The molecular formula is C23H23N5O3. The number of ether oxygens (including phenoxy) is 1. The van der Waals surface area contributed by atoms with E-state index in [1.165, 1.54) is 0 Å². The normalized spacial score (nSPS) is 10.8. The summed E-state index contributed by atoms with van der Waals surface area (Å²) >= 11 is 0. The van der Waals surface area contributed by atoms with Crippen LogP contribution in [0.4, 0.5) is 5.69 Å². The lowest BCUT2D eigenvalue weighted by molar-refractivity contribution is 0.102. The molecule has 0 aliphatic rings. The van der Waals surface area contributed by atoms with Gasteiger partial charge in [0.1, 0.15) is 5.75 Å². The van der Waals surface area contributed by atoms with Crippen LogP contribution < -0.4 is 10.1 Å². The molecule has 2 heterocycles. The van der Waals surface area contributed by atoms with Crippen LogP contribution in [0.25, 0.3) is 11.5 Å². The number of nitrogens with zero attached hydrogens (tertiary/aromatic N) is 4. The summed E-state index contributed by atoms with van der Waals surface area (Å²) in [7, 11) is 1.55. The third-order valence-corrected chi connectivity index (χ3v) is 4.87. The van der Waals surface area contributed by atoms with E-state index in [2.05, 4.69) is 20.6 Å². The first-order valence-corrected chi connectivity index (χ1v) is 9.83. The van der Waals surface area contributed by atoms with Crippen molar-refractivity contribution in [3.8, 4) is 17.2 Å². The number of hydrogen-bond donors (Lipinski definition) is 1. The van der Waals surface area contributed by atoms with Crippen LogP contribution in [0, 0.1) is 20.8 Å². The maximum Gasteiger partial charge on any atom is 0.255 e. The summed E-state index contributed by atoms with van der Waals surface area (Å²) in [5.74, 6) is 1.14. The smallest absolute Gasteiger partial charge is 0.255 e. The molecule has 0 aliphatic heterocycles. The number of anilines is 1. The number of carbonyl (C=O) groups excluding carboxylic acids is 1. The molecule has 1 amide bonds. The zero-order chi connectivity index (χ0) is 22.0. The van der Waals surface area contributed by atoms with E-state index in [0.717, 1.165) is 17.0 Å². The van der Waals surface area contributed by atoms with E-state index in [0.29, 0.717) is 40.9 Å². The highest BCUT2D eigenvalue weighted by Gasteiger charge is 2.14. The van der Waals surface area contributed by atoms with Crippen LogP contribution in [-0.2, 0) is 6.54 Å². The Kier molecular flexibility index (Phi) is 5.53. The van der Waals surface area contributed by atoms with Crippen LogP contribution >= 0.6 is 0 Å². The Bertz CT molecular complexity index is 1220. The van der Waals surface area contributed by atoms with Crippen LogP contribution in [0.2, 0.25) is 0 Å². The van der Waals surface area contributed by atoms with E-state index in [-0.39, 0.29) is 5.91 Å². The molecule has 2 aromatic heterocycles. The number of aryl methyl sites for hydroxylation is 3. The molecule has 0 fully saturated rings. The summed E-state index contributed by atoms with van der Waals surface area (Å²) in [4.78, 5) is 12.8. The second kappa shape index (κ2) is 8.43. The molecule has 158 valence electrons. The molecule has 0 saturated heterocycles. The van der Waals surface area contributed by atoms with Crippen molar-refractivity contribution in [1.29, 1.82) is 0 Å². The van der Waals surface area contributed by atoms with Crippen molar-refractivity contribution in [2.45, 2.75) is 27.3 Å². The highest BCUT2D eigenvalue weighted by Crippen LogP contribution is 2.30. The topological polar surface area (TPSA) is 95.1 Å². The average Bonchev–Trinajstić information content (AvgIpc) is 3.33. The van der Waals surface area contributed by atoms with Gasteiger partial charge in [-0.15, -0.1) is 10.2 Å². The van der Waals surface area contributed by atoms with Crippen LogP contribution in [0.15, 0.2) is 52.9 Å². The first-order valence-electron chi connectivity index (χ1n) is 9.83. The lowest BCUT2D eigenvalue weighted by Crippen LogP contribution is -2.13. The van der Waals surface area contributed by atoms with Gasteiger partial charge in [-0.1, -0.05) is 12.1 Å². The molecule has 8 nitrogen and oxygen atoms in total. The van der Waals surface area contributed by atoms with Crippen LogP contribution in [0.1, 0.15) is 33.2 Å². The number of aromatic nitrogens is 4. The van der Waals surface area contributed by atoms with Crippen molar-refractivity contribution >= 4 is 11.6 Å². The van der Waals surface area contributed by atoms with Gasteiger partial charge in [-0.3, -0.25) is 9.48 Å². The first-order chi connectivity index (χ1) is 14.9. The van der Waals surface area contributed by atoms with Gasteiger partial charge in [-0.2, -0.15) is 5.10 Å². The molecule has 31 heavy (non-hydrogen) atoms. The number of rotatable bonds is 6. The van der Waals surface area contributed by atoms with Gasteiger partial charge in [0.05, 0.1) is 25.0 Å². The van der Waals surface area contributed by atoms with Crippen molar-refractivity contribution in [3.63, 3.8) is 0 Å². The lowest BCUT2D eigenvalue weighted by atomic mass is 10.1. The Morgan fingerprint density at radius 2 is 1.84 bits per heavy atom. The summed E-state index contributed by atoms with van der Waals surface area (Å²) in [6.45, 7) is 6.38. The Hall–Kier alpha value is -3.94. The van der Waals surface area contributed by atoms with Gasteiger partial charge in [0.25, 0.3) is 5.91 Å². The monoisotopic (exact) mass is 417 g/mol. The van der Waals surface area contributed by atoms with Gasteiger partial charge in [-0.25, -0.2) is 0 Å². The maximum atomic E-state index is 12.8. The number of methoxy groups -OCH3 is 1.